The number of esters is 1. The average molecular weight is 206 g/mol. The Labute approximate surface area is 81.9 Å². The van der Waals surface area contributed by atoms with Gasteiger partial charge in [-0.15, -0.1) is 0 Å². The summed E-state index contributed by atoms with van der Waals surface area (Å²) < 4.78 is 14.8. The Kier molecular flexibility index (Phi) is 3.82. The minimum absolute atomic E-state index is 0.257. The van der Waals surface area contributed by atoms with Gasteiger partial charge in [-0.25, -0.2) is 4.79 Å². The van der Waals surface area contributed by atoms with E-state index in [9.17, 15) is 4.79 Å². The molecule has 0 amide bonds. The van der Waals surface area contributed by atoms with E-state index in [0.717, 1.165) is 0 Å². The molecule has 0 N–H and O–H groups in total. The molecule has 0 aromatic carbocycles. The summed E-state index contributed by atoms with van der Waals surface area (Å²) in [7, 11) is 0. The number of hydrogen-bond donors (Lipinski definition) is 0. The molecule has 0 radical (unpaired) electrons. The Hall–Kier alpha value is -0.690. The summed E-state index contributed by atoms with van der Waals surface area (Å²) in [6.07, 6.45) is -1.17. The molecule has 0 saturated carbocycles. The smallest absolute Gasteiger partial charge is 0.366 e. The largest absolute Gasteiger partial charge is 0.462 e. The van der Waals surface area contributed by atoms with Crippen molar-refractivity contribution < 1.29 is 28.8 Å². The van der Waals surface area contributed by atoms with Gasteiger partial charge in [0, 0.05) is 13.5 Å². The van der Waals surface area contributed by atoms with Gasteiger partial charge in [-0.3, -0.25) is 4.74 Å². The molecule has 0 spiro atoms. The summed E-state index contributed by atoms with van der Waals surface area (Å²) in [5, 5.41) is 0. The predicted octanol–water partition coefficient (Wildman–Crippen LogP) is 0.564. The van der Waals surface area contributed by atoms with Gasteiger partial charge in [0.1, 0.15) is 0 Å². The highest BCUT2D eigenvalue weighted by Crippen LogP contribution is 2.26. The lowest BCUT2D eigenvalue weighted by molar-refractivity contribution is -0.405. The van der Waals surface area contributed by atoms with E-state index in [0.29, 0.717) is 6.61 Å². The number of ether oxygens (including phenoxy) is 3. The molecule has 2 atom stereocenters. The maximum absolute atomic E-state index is 11.1. The Morgan fingerprint density at radius 3 is 2.71 bits per heavy atom. The van der Waals surface area contributed by atoms with Gasteiger partial charge in [0.2, 0.25) is 0 Å². The van der Waals surface area contributed by atoms with Gasteiger partial charge < -0.3 is 9.47 Å². The molecular weight excluding hydrogens is 192 g/mol. The van der Waals surface area contributed by atoms with E-state index in [2.05, 4.69) is 9.62 Å². The second-order valence-corrected chi connectivity index (χ2v) is 2.68. The fraction of sp³-hybridized carbons (Fsp3) is 0.875. The number of hydrogen-bond acceptors (Lipinski definition) is 6. The van der Waals surface area contributed by atoms with Crippen LogP contribution in [0.15, 0.2) is 0 Å². The molecule has 82 valence electrons. The maximum Gasteiger partial charge on any atom is 0.366 e. The fourth-order valence-corrected chi connectivity index (χ4v) is 0.983. The van der Waals surface area contributed by atoms with Crippen LogP contribution in [0.4, 0.5) is 0 Å². The Balaban J connectivity index is 2.43. The third kappa shape index (κ3) is 2.65. The lowest BCUT2D eigenvalue weighted by Gasteiger charge is -2.18. The molecule has 1 fully saturated rings. The standard InChI is InChI=1S/C8H14O6/c1-4-10-6(9)7-12-8(3,11-5-2)14-13-7/h7H,4-5H2,1-3H3/t7-,8-/m0/s1. The van der Waals surface area contributed by atoms with Crippen molar-refractivity contribution >= 4 is 5.97 Å². The second kappa shape index (κ2) is 4.70. The van der Waals surface area contributed by atoms with E-state index in [1.54, 1.807) is 13.8 Å². The van der Waals surface area contributed by atoms with Gasteiger partial charge in [-0.2, -0.15) is 9.78 Å². The average Bonchev–Trinajstić information content (AvgIpc) is 2.49. The minimum atomic E-state index is -1.33. The highest BCUT2D eigenvalue weighted by molar-refractivity contribution is 5.73. The molecule has 6 heteroatoms. The molecule has 1 saturated heterocycles. The highest BCUT2D eigenvalue weighted by Gasteiger charge is 2.44. The second-order valence-electron chi connectivity index (χ2n) is 2.68. The quantitative estimate of drug-likeness (QED) is 0.494. The van der Waals surface area contributed by atoms with Crippen molar-refractivity contribution in [3.05, 3.63) is 0 Å². The maximum atomic E-state index is 11.1. The molecular formula is C8H14O6. The van der Waals surface area contributed by atoms with Crippen molar-refractivity contribution in [3.63, 3.8) is 0 Å². The molecule has 1 aliphatic heterocycles. The van der Waals surface area contributed by atoms with Gasteiger partial charge in [0.15, 0.2) is 0 Å². The van der Waals surface area contributed by atoms with Crippen molar-refractivity contribution in [2.45, 2.75) is 33.0 Å². The summed E-state index contributed by atoms with van der Waals surface area (Å²) in [5.74, 6) is -1.96. The van der Waals surface area contributed by atoms with Crippen LogP contribution in [-0.4, -0.2) is 31.4 Å². The summed E-state index contributed by atoms with van der Waals surface area (Å²) in [4.78, 5) is 20.5. The first kappa shape index (κ1) is 11.4. The SMILES string of the molecule is CCOC(=O)[C@@H]1OO[C@@](C)(OCC)O1. The monoisotopic (exact) mass is 206 g/mol. The number of rotatable bonds is 4. The molecule has 0 aliphatic carbocycles. The third-order valence-corrected chi connectivity index (χ3v) is 1.49. The van der Waals surface area contributed by atoms with E-state index in [-0.39, 0.29) is 6.61 Å². The summed E-state index contributed by atoms with van der Waals surface area (Å²) in [6.45, 7) is 5.61. The zero-order valence-electron chi connectivity index (χ0n) is 8.44. The lowest BCUT2D eigenvalue weighted by Crippen LogP contribution is -2.33. The molecule has 0 aromatic rings. The van der Waals surface area contributed by atoms with Crippen molar-refractivity contribution in [3.8, 4) is 0 Å². The molecule has 0 unspecified atom stereocenters. The van der Waals surface area contributed by atoms with Crippen LogP contribution in [0.1, 0.15) is 20.8 Å². The fourth-order valence-electron chi connectivity index (χ4n) is 0.983. The lowest BCUT2D eigenvalue weighted by atomic mass is 10.6. The summed E-state index contributed by atoms with van der Waals surface area (Å²) >= 11 is 0. The van der Waals surface area contributed by atoms with Crippen LogP contribution in [0.25, 0.3) is 0 Å². The van der Waals surface area contributed by atoms with Gasteiger partial charge in [0.05, 0.1) is 6.61 Å². The molecule has 1 aliphatic rings. The molecule has 0 aromatic heterocycles. The number of carbonyl (C=O) groups excluding carboxylic acids is 1. The Bertz CT molecular complexity index is 206. The van der Waals surface area contributed by atoms with Crippen LogP contribution in [-0.2, 0) is 28.8 Å². The molecule has 14 heavy (non-hydrogen) atoms. The topological polar surface area (TPSA) is 63.2 Å². The summed E-state index contributed by atoms with van der Waals surface area (Å²) in [5.41, 5.74) is 0. The number of carbonyl (C=O) groups is 1. The van der Waals surface area contributed by atoms with Crippen LogP contribution < -0.4 is 0 Å². The minimum Gasteiger partial charge on any atom is -0.462 e. The molecule has 0 bridgehead atoms. The van der Waals surface area contributed by atoms with Gasteiger partial charge in [-0.1, -0.05) is 0 Å². The molecule has 1 rings (SSSR count). The van der Waals surface area contributed by atoms with Crippen LogP contribution in [0.3, 0.4) is 0 Å². The Morgan fingerprint density at radius 2 is 2.14 bits per heavy atom. The molecule has 6 nitrogen and oxygen atoms in total. The Morgan fingerprint density at radius 1 is 1.43 bits per heavy atom. The highest BCUT2D eigenvalue weighted by atomic mass is 17.3. The summed E-state index contributed by atoms with van der Waals surface area (Å²) in [6, 6.07) is 0. The first-order valence-electron chi connectivity index (χ1n) is 4.44. The zero-order chi connectivity index (χ0) is 10.6. The van der Waals surface area contributed by atoms with Crippen molar-refractivity contribution in [2.75, 3.05) is 13.2 Å². The first-order valence-corrected chi connectivity index (χ1v) is 4.44. The van der Waals surface area contributed by atoms with Gasteiger partial charge in [-0.05, 0) is 13.8 Å². The third-order valence-electron chi connectivity index (χ3n) is 1.49. The van der Waals surface area contributed by atoms with Crippen molar-refractivity contribution in [2.24, 2.45) is 0 Å². The molecule has 1 heterocycles. The van der Waals surface area contributed by atoms with Crippen LogP contribution >= 0.6 is 0 Å². The predicted molar refractivity (Wildman–Crippen MR) is 43.7 cm³/mol. The normalized spacial score (nSPS) is 31.8. The van der Waals surface area contributed by atoms with E-state index in [1.165, 1.54) is 6.92 Å². The van der Waals surface area contributed by atoms with Crippen LogP contribution in [0.5, 0.6) is 0 Å². The van der Waals surface area contributed by atoms with E-state index >= 15 is 0 Å². The van der Waals surface area contributed by atoms with Crippen molar-refractivity contribution in [1.82, 2.24) is 0 Å². The van der Waals surface area contributed by atoms with Crippen LogP contribution in [0.2, 0.25) is 0 Å². The van der Waals surface area contributed by atoms with Gasteiger partial charge >= 0.3 is 11.9 Å². The first-order chi connectivity index (χ1) is 6.61. The van der Waals surface area contributed by atoms with Crippen molar-refractivity contribution in [1.29, 1.82) is 0 Å². The van der Waals surface area contributed by atoms with E-state index in [4.69, 9.17) is 14.4 Å². The van der Waals surface area contributed by atoms with Gasteiger partial charge in [0.25, 0.3) is 6.29 Å². The van der Waals surface area contributed by atoms with E-state index in [1.807, 2.05) is 0 Å². The van der Waals surface area contributed by atoms with E-state index < -0.39 is 18.2 Å². The zero-order valence-corrected chi connectivity index (χ0v) is 8.44. The van der Waals surface area contributed by atoms with Crippen LogP contribution in [0, 0.1) is 0 Å².